The third-order valence-corrected chi connectivity index (χ3v) is 3.51. The summed E-state index contributed by atoms with van der Waals surface area (Å²) in [6, 6.07) is 10.9. The molecular weight excluding hydrogens is 288 g/mol. The van der Waals surface area contributed by atoms with Gasteiger partial charge in [-0.3, -0.25) is 0 Å². The van der Waals surface area contributed by atoms with Crippen molar-refractivity contribution in [3.8, 4) is 0 Å². The van der Waals surface area contributed by atoms with Gasteiger partial charge in [0.15, 0.2) is 0 Å². The fourth-order valence-corrected chi connectivity index (χ4v) is 2.02. The van der Waals surface area contributed by atoms with Crippen LogP contribution in [0, 0.1) is 5.82 Å². The highest BCUT2D eigenvalue weighted by Gasteiger charge is 2.09. The number of hydrogen-bond acceptors (Lipinski definition) is 2. The van der Waals surface area contributed by atoms with Crippen molar-refractivity contribution in [1.29, 1.82) is 0 Å². The molecule has 0 bridgehead atoms. The van der Waals surface area contributed by atoms with Gasteiger partial charge in [-0.25, -0.2) is 4.39 Å². The molecular formula is C14H12Cl2FNO. The van der Waals surface area contributed by atoms with Gasteiger partial charge in [-0.15, -0.1) is 0 Å². The second kappa shape index (κ2) is 6.24. The largest absolute Gasteiger partial charge is 0.387 e. The van der Waals surface area contributed by atoms with Crippen molar-refractivity contribution in [3.63, 3.8) is 0 Å². The Balaban J connectivity index is 2.02. The van der Waals surface area contributed by atoms with E-state index in [4.69, 9.17) is 23.2 Å². The molecule has 100 valence electrons. The highest BCUT2D eigenvalue weighted by molar-refractivity contribution is 6.43. The fraction of sp³-hybridized carbons (Fsp3) is 0.143. The summed E-state index contributed by atoms with van der Waals surface area (Å²) in [4.78, 5) is 0. The number of benzene rings is 2. The Morgan fingerprint density at radius 2 is 1.79 bits per heavy atom. The lowest BCUT2D eigenvalue weighted by atomic mass is 10.1. The van der Waals surface area contributed by atoms with E-state index in [0.717, 1.165) is 0 Å². The molecule has 19 heavy (non-hydrogen) atoms. The van der Waals surface area contributed by atoms with E-state index in [9.17, 15) is 9.50 Å². The number of aliphatic hydroxyl groups excluding tert-OH is 1. The average molecular weight is 300 g/mol. The Hall–Kier alpha value is -1.29. The van der Waals surface area contributed by atoms with E-state index in [2.05, 4.69) is 5.32 Å². The highest BCUT2D eigenvalue weighted by atomic mass is 35.5. The van der Waals surface area contributed by atoms with Crippen LogP contribution in [0.15, 0.2) is 42.5 Å². The predicted molar refractivity (Wildman–Crippen MR) is 76.3 cm³/mol. The molecule has 0 amide bonds. The van der Waals surface area contributed by atoms with E-state index in [1.165, 1.54) is 12.1 Å². The summed E-state index contributed by atoms with van der Waals surface area (Å²) in [6.07, 6.45) is -0.754. The molecule has 0 aromatic heterocycles. The quantitative estimate of drug-likeness (QED) is 0.883. The minimum absolute atomic E-state index is 0.256. The van der Waals surface area contributed by atoms with E-state index < -0.39 is 6.10 Å². The van der Waals surface area contributed by atoms with E-state index in [0.29, 0.717) is 21.3 Å². The molecule has 0 aliphatic heterocycles. The van der Waals surface area contributed by atoms with Crippen LogP contribution >= 0.6 is 23.2 Å². The summed E-state index contributed by atoms with van der Waals surface area (Å²) in [5, 5.41) is 13.8. The number of aliphatic hydroxyl groups is 1. The van der Waals surface area contributed by atoms with E-state index in [-0.39, 0.29) is 12.4 Å². The SMILES string of the molecule is OC(CNc1cccc(Cl)c1Cl)c1ccc(F)cc1. The van der Waals surface area contributed by atoms with E-state index in [1.807, 2.05) is 0 Å². The van der Waals surface area contributed by atoms with Crippen LogP contribution in [0.5, 0.6) is 0 Å². The van der Waals surface area contributed by atoms with Crippen LogP contribution in [0.3, 0.4) is 0 Å². The molecule has 0 aliphatic carbocycles. The van der Waals surface area contributed by atoms with Gasteiger partial charge in [0.05, 0.1) is 21.8 Å². The Morgan fingerprint density at radius 3 is 2.47 bits per heavy atom. The van der Waals surface area contributed by atoms with Crippen LogP contribution in [0.2, 0.25) is 10.0 Å². The van der Waals surface area contributed by atoms with Gasteiger partial charge in [-0.05, 0) is 29.8 Å². The molecule has 0 heterocycles. The zero-order chi connectivity index (χ0) is 13.8. The second-order valence-electron chi connectivity index (χ2n) is 4.05. The molecule has 0 saturated heterocycles. The average Bonchev–Trinajstić information content (AvgIpc) is 2.41. The maximum Gasteiger partial charge on any atom is 0.123 e. The monoisotopic (exact) mass is 299 g/mol. The fourth-order valence-electron chi connectivity index (χ4n) is 1.65. The number of nitrogens with one attached hydrogen (secondary N) is 1. The first kappa shape index (κ1) is 14.1. The molecule has 2 aromatic carbocycles. The summed E-state index contributed by atoms with van der Waals surface area (Å²) in [7, 11) is 0. The number of hydrogen-bond donors (Lipinski definition) is 2. The topological polar surface area (TPSA) is 32.3 Å². The maximum absolute atomic E-state index is 12.8. The van der Waals surface area contributed by atoms with Gasteiger partial charge in [0.2, 0.25) is 0 Å². The van der Waals surface area contributed by atoms with Gasteiger partial charge >= 0.3 is 0 Å². The second-order valence-corrected chi connectivity index (χ2v) is 4.83. The van der Waals surface area contributed by atoms with Crippen molar-refractivity contribution in [2.45, 2.75) is 6.10 Å². The van der Waals surface area contributed by atoms with Crippen LogP contribution in [0.25, 0.3) is 0 Å². The van der Waals surface area contributed by atoms with Crippen LogP contribution in [-0.4, -0.2) is 11.7 Å². The van der Waals surface area contributed by atoms with Gasteiger partial charge in [0.1, 0.15) is 5.82 Å². The summed E-state index contributed by atoms with van der Waals surface area (Å²) in [5.41, 5.74) is 1.28. The molecule has 1 unspecified atom stereocenters. The van der Waals surface area contributed by atoms with Crippen LogP contribution in [0.1, 0.15) is 11.7 Å². The molecule has 5 heteroatoms. The lowest BCUT2D eigenvalue weighted by Gasteiger charge is -2.14. The summed E-state index contributed by atoms with van der Waals surface area (Å²) < 4.78 is 12.8. The van der Waals surface area contributed by atoms with Crippen LogP contribution in [0.4, 0.5) is 10.1 Å². The minimum atomic E-state index is -0.754. The first-order chi connectivity index (χ1) is 9.08. The van der Waals surface area contributed by atoms with Crippen molar-refractivity contribution >= 4 is 28.9 Å². The van der Waals surface area contributed by atoms with E-state index >= 15 is 0 Å². The van der Waals surface area contributed by atoms with Gasteiger partial charge in [0.25, 0.3) is 0 Å². The molecule has 0 aliphatic rings. The van der Waals surface area contributed by atoms with Crippen LogP contribution in [-0.2, 0) is 0 Å². The molecule has 0 fully saturated rings. The molecule has 2 aromatic rings. The molecule has 2 N–H and O–H groups in total. The third kappa shape index (κ3) is 3.60. The van der Waals surface area contributed by atoms with Crippen LogP contribution < -0.4 is 5.32 Å². The molecule has 2 nitrogen and oxygen atoms in total. The molecule has 2 rings (SSSR count). The van der Waals surface area contributed by atoms with Gasteiger partial charge < -0.3 is 10.4 Å². The first-order valence-electron chi connectivity index (χ1n) is 5.69. The lowest BCUT2D eigenvalue weighted by molar-refractivity contribution is 0.191. The summed E-state index contributed by atoms with van der Waals surface area (Å²) >= 11 is 11.9. The number of rotatable bonds is 4. The smallest absolute Gasteiger partial charge is 0.123 e. The first-order valence-corrected chi connectivity index (χ1v) is 6.45. The molecule has 0 radical (unpaired) electrons. The zero-order valence-electron chi connectivity index (χ0n) is 9.91. The minimum Gasteiger partial charge on any atom is -0.387 e. The Morgan fingerprint density at radius 1 is 1.11 bits per heavy atom. The molecule has 1 atom stereocenters. The Kier molecular flexibility index (Phi) is 4.64. The predicted octanol–water partition coefficient (Wildman–Crippen LogP) is 4.28. The summed E-state index contributed by atoms with van der Waals surface area (Å²) in [6.45, 7) is 0.256. The third-order valence-electron chi connectivity index (χ3n) is 2.69. The van der Waals surface area contributed by atoms with Crippen molar-refractivity contribution in [1.82, 2.24) is 0 Å². The summed E-state index contributed by atoms with van der Waals surface area (Å²) in [5.74, 6) is -0.332. The normalized spacial score (nSPS) is 12.2. The van der Waals surface area contributed by atoms with E-state index in [1.54, 1.807) is 30.3 Å². The Bertz CT molecular complexity index is 560. The standard InChI is InChI=1S/C14H12Cl2FNO/c15-11-2-1-3-12(14(11)16)18-8-13(19)9-4-6-10(17)7-5-9/h1-7,13,18-19H,8H2. The van der Waals surface area contributed by atoms with Gasteiger partial charge in [-0.1, -0.05) is 41.4 Å². The maximum atomic E-state index is 12.8. The number of anilines is 1. The number of halogens is 3. The lowest BCUT2D eigenvalue weighted by Crippen LogP contribution is -2.12. The van der Waals surface area contributed by atoms with Crippen molar-refractivity contribution < 1.29 is 9.50 Å². The molecule has 0 saturated carbocycles. The van der Waals surface area contributed by atoms with Gasteiger partial charge in [0, 0.05) is 6.54 Å². The highest BCUT2D eigenvalue weighted by Crippen LogP contribution is 2.29. The van der Waals surface area contributed by atoms with Crippen molar-refractivity contribution in [3.05, 3.63) is 63.9 Å². The Labute approximate surface area is 120 Å². The van der Waals surface area contributed by atoms with Crippen molar-refractivity contribution in [2.75, 3.05) is 11.9 Å². The zero-order valence-corrected chi connectivity index (χ0v) is 11.4. The molecule has 0 spiro atoms. The van der Waals surface area contributed by atoms with Crippen molar-refractivity contribution in [2.24, 2.45) is 0 Å². The van der Waals surface area contributed by atoms with Gasteiger partial charge in [-0.2, -0.15) is 0 Å².